The number of aromatic amines is 1. The van der Waals surface area contributed by atoms with Crippen LogP contribution >= 0.6 is 0 Å². The minimum atomic E-state index is -0.114. The fraction of sp³-hybridized carbons (Fsp3) is 0.533. The van der Waals surface area contributed by atoms with Crippen LogP contribution in [0.1, 0.15) is 30.2 Å². The van der Waals surface area contributed by atoms with Crippen molar-refractivity contribution in [2.24, 2.45) is 7.05 Å². The first-order valence-electron chi connectivity index (χ1n) is 7.56. The van der Waals surface area contributed by atoms with Crippen molar-refractivity contribution in [3.05, 3.63) is 45.9 Å². The lowest BCUT2D eigenvalue weighted by molar-refractivity contribution is -0.0371. The number of aromatic nitrogens is 4. The van der Waals surface area contributed by atoms with E-state index in [4.69, 9.17) is 4.74 Å². The number of aryl methyl sites for hydroxylation is 2. The predicted octanol–water partition coefficient (Wildman–Crippen LogP) is 0.639. The van der Waals surface area contributed by atoms with Crippen LogP contribution in [0.3, 0.4) is 0 Å². The van der Waals surface area contributed by atoms with E-state index in [2.05, 4.69) is 20.1 Å². The summed E-state index contributed by atoms with van der Waals surface area (Å²) in [7, 11) is 1.76. The molecule has 1 saturated heterocycles. The molecule has 0 bridgehead atoms. The molecule has 1 aliphatic rings. The first-order valence-corrected chi connectivity index (χ1v) is 7.56. The van der Waals surface area contributed by atoms with Gasteiger partial charge in [-0.1, -0.05) is 6.92 Å². The van der Waals surface area contributed by atoms with Gasteiger partial charge >= 0.3 is 0 Å². The van der Waals surface area contributed by atoms with Crippen LogP contribution in [0.25, 0.3) is 0 Å². The highest BCUT2D eigenvalue weighted by molar-refractivity contribution is 5.11. The Morgan fingerprint density at radius 3 is 3.09 bits per heavy atom. The third-order valence-corrected chi connectivity index (χ3v) is 3.90. The van der Waals surface area contributed by atoms with Gasteiger partial charge < -0.3 is 9.30 Å². The Labute approximate surface area is 128 Å². The molecular formula is C15H21N5O2. The van der Waals surface area contributed by atoms with E-state index >= 15 is 0 Å². The van der Waals surface area contributed by atoms with E-state index in [1.165, 1.54) is 0 Å². The topological polar surface area (TPSA) is 76.0 Å². The molecule has 7 nitrogen and oxygen atoms in total. The van der Waals surface area contributed by atoms with E-state index in [1.54, 1.807) is 23.9 Å². The Morgan fingerprint density at radius 1 is 1.50 bits per heavy atom. The largest absolute Gasteiger partial charge is 0.367 e. The first-order chi connectivity index (χ1) is 10.7. The quantitative estimate of drug-likeness (QED) is 0.897. The summed E-state index contributed by atoms with van der Waals surface area (Å²) in [6.45, 7) is 4.99. The van der Waals surface area contributed by atoms with Gasteiger partial charge in [0.2, 0.25) is 0 Å². The molecule has 1 fully saturated rings. The fourth-order valence-electron chi connectivity index (χ4n) is 2.56. The van der Waals surface area contributed by atoms with Crippen molar-refractivity contribution in [1.29, 1.82) is 0 Å². The van der Waals surface area contributed by atoms with Crippen LogP contribution in [-0.4, -0.2) is 44.3 Å². The lowest BCUT2D eigenvalue weighted by Crippen LogP contribution is -2.38. The molecule has 2 aromatic rings. The van der Waals surface area contributed by atoms with E-state index in [0.717, 1.165) is 37.4 Å². The Hall–Kier alpha value is -1.99. The van der Waals surface area contributed by atoms with Crippen LogP contribution in [0.15, 0.2) is 23.1 Å². The zero-order valence-corrected chi connectivity index (χ0v) is 13.0. The minimum Gasteiger partial charge on any atom is -0.367 e. The second kappa shape index (κ2) is 6.41. The monoisotopic (exact) mass is 303 g/mol. The number of hydrogen-bond acceptors (Lipinski definition) is 5. The summed E-state index contributed by atoms with van der Waals surface area (Å²) in [6, 6.07) is 3.67. The van der Waals surface area contributed by atoms with Gasteiger partial charge in [-0.3, -0.25) is 14.8 Å². The number of nitrogens with zero attached hydrogens (tertiary/aromatic N) is 4. The van der Waals surface area contributed by atoms with Crippen molar-refractivity contribution in [1.82, 2.24) is 24.6 Å². The molecule has 0 radical (unpaired) electrons. The van der Waals surface area contributed by atoms with Gasteiger partial charge in [0, 0.05) is 45.4 Å². The number of ether oxygens (including phenoxy) is 1. The van der Waals surface area contributed by atoms with Crippen molar-refractivity contribution in [2.45, 2.75) is 26.0 Å². The second-order valence-corrected chi connectivity index (χ2v) is 5.57. The van der Waals surface area contributed by atoms with E-state index < -0.39 is 0 Å². The Morgan fingerprint density at radius 2 is 2.36 bits per heavy atom. The molecule has 22 heavy (non-hydrogen) atoms. The molecule has 0 aliphatic carbocycles. The third kappa shape index (κ3) is 3.26. The standard InChI is InChI=1S/C15H21N5O2/c1-3-13-16-15(18-17-13)12-10-20(6-7-22-12)9-11-4-5-19(2)14(21)8-11/h4-5,8,12H,3,6-7,9-10H2,1-2H3,(H,16,17,18)/t12-/m0/s1. The maximum Gasteiger partial charge on any atom is 0.250 e. The molecule has 7 heteroatoms. The maximum absolute atomic E-state index is 11.7. The molecule has 0 unspecified atom stereocenters. The number of H-pyrrole nitrogens is 1. The van der Waals surface area contributed by atoms with Crippen molar-refractivity contribution in [2.75, 3.05) is 19.7 Å². The van der Waals surface area contributed by atoms with E-state index in [-0.39, 0.29) is 11.7 Å². The number of morpholine rings is 1. The number of hydrogen-bond donors (Lipinski definition) is 1. The van der Waals surface area contributed by atoms with Gasteiger partial charge in [-0.15, -0.1) is 0 Å². The molecule has 0 aromatic carbocycles. The number of nitrogens with one attached hydrogen (secondary N) is 1. The summed E-state index contributed by atoms with van der Waals surface area (Å²) in [5, 5.41) is 7.16. The minimum absolute atomic E-state index is 0.0175. The van der Waals surface area contributed by atoms with Gasteiger partial charge in [-0.2, -0.15) is 5.10 Å². The first kappa shape index (κ1) is 14.9. The van der Waals surface area contributed by atoms with E-state index in [1.807, 2.05) is 13.0 Å². The smallest absolute Gasteiger partial charge is 0.250 e. The van der Waals surface area contributed by atoms with E-state index in [9.17, 15) is 4.79 Å². The molecule has 0 saturated carbocycles. The van der Waals surface area contributed by atoms with Gasteiger partial charge in [0.1, 0.15) is 11.9 Å². The van der Waals surface area contributed by atoms with Crippen LogP contribution in [-0.2, 0) is 24.8 Å². The molecule has 118 valence electrons. The maximum atomic E-state index is 11.7. The Bertz CT molecular complexity index is 693. The summed E-state index contributed by atoms with van der Waals surface area (Å²) in [6.07, 6.45) is 2.52. The van der Waals surface area contributed by atoms with Gasteiger partial charge in [0.25, 0.3) is 5.56 Å². The molecule has 1 atom stereocenters. The fourth-order valence-corrected chi connectivity index (χ4v) is 2.56. The van der Waals surface area contributed by atoms with Gasteiger partial charge in [-0.05, 0) is 11.6 Å². The summed E-state index contributed by atoms with van der Waals surface area (Å²) >= 11 is 0. The highest BCUT2D eigenvalue weighted by Crippen LogP contribution is 2.20. The SMILES string of the molecule is CCc1nc([C@@H]2CN(Cc3ccn(C)c(=O)c3)CCO2)n[nH]1. The molecule has 0 amide bonds. The van der Waals surface area contributed by atoms with Crippen LogP contribution in [0.5, 0.6) is 0 Å². The molecule has 1 aliphatic heterocycles. The van der Waals surface area contributed by atoms with Gasteiger partial charge in [0.15, 0.2) is 5.82 Å². The van der Waals surface area contributed by atoms with Crippen LogP contribution in [0.2, 0.25) is 0 Å². The molecule has 2 aromatic heterocycles. The van der Waals surface area contributed by atoms with Crippen LogP contribution < -0.4 is 5.56 Å². The number of rotatable bonds is 4. The normalized spacial score (nSPS) is 19.5. The Kier molecular flexibility index (Phi) is 4.35. The number of pyridine rings is 1. The lowest BCUT2D eigenvalue weighted by Gasteiger charge is -2.31. The zero-order valence-electron chi connectivity index (χ0n) is 13.0. The Balaban J connectivity index is 1.67. The van der Waals surface area contributed by atoms with Crippen molar-refractivity contribution in [3.63, 3.8) is 0 Å². The summed E-state index contributed by atoms with van der Waals surface area (Å²) in [5.41, 5.74) is 1.04. The van der Waals surface area contributed by atoms with Crippen molar-refractivity contribution < 1.29 is 4.74 Å². The molecular weight excluding hydrogens is 282 g/mol. The van der Waals surface area contributed by atoms with Crippen LogP contribution in [0, 0.1) is 0 Å². The van der Waals surface area contributed by atoms with Gasteiger partial charge in [0.05, 0.1) is 6.61 Å². The second-order valence-electron chi connectivity index (χ2n) is 5.57. The summed E-state index contributed by atoms with van der Waals surface area (Å²) in [5.74, 6) is 1.59. The summed E-state index contributed by atoms with van der Waals surface area (Å²) < 4.78 is 7.36. The molecule has 3 heterocycles. The molecule has 1 N–H and O–H groups in total. The van der Waals surface area contributed by atoms with Crippen molar-refractivity contribution in [3.8, 4) is 0 Å². The van der Waals surface area contributed by atoms with Gasteiger partial charge in [-0.25, -0.2) is 4.98 Å². The lowest BCUT2D eigenvalue weighted by atomic mass is 10.2. The average Bonchev–Trinajstić information content (AvgIpc) is 3.00. The third-order valence-electron chi connectivity index (χ3n) is 3.90. The predicted molar refractivity (Wildman–Crippen MR) is 81.4 cm³/mol. The molecule has 3 rings (SSSR count). The zero-order chi connectivity index (χ0) is 15.5. The summed E-state index contributed by atoms with van der Waals surface area (Å²) in [4.78, 5) is 18.4. The highest BCUT2D eigenvalue weighted by atomic mass is 16.5. The van der Waals surface area contributed by atoms with Crippen molar-refractivity contribution >= 4 is 0 Å². The average molecular weight is 303 g/mol. The van der Waals surface area contributed by atoms with Crippen LogP contribution in [0.4, 0.5) is 0 Å². The highest BCUT2D eigenvalue weighted by Gasteiger charge is 2.25. The molecule has 0 spiro atoms. The van der Waals surface area contributed by atoms with E-state index in [0.29, 0.717) is 12.4 Å².